The highest BCUT2D eigenvalue weighted by atomic mass is 16.5. The molecule has 0 bridgehead atoms. The van der Waals surface area contributed by atoms with Crippen LogP contribution in [-0.2, 0) is 9.53 Å². The number of fused-ring (bicyclic) bond motifs is 1. The van der Waals surface area contributed by atoms with Crippen LogP contribution in [-0.4, -0.2) is 12.6 Å². The quantitative estimate of drug-likeness (QED) is 0.539. The molecule has 2 saturated carbocycles. The summed E-state index contributed by atoms with van der Waals surface area (Å²) in [5.74, 6) is 1.40. The predicted molar refractivity (Wildman–Crippen MR) is 36.3 cm³/mol. The van der Waals surface area contributed by atoms with Crippen LogP contribution >= 0.6 is 0 Å². The summed E-state index contributed by atoms with van der Waals surface area (Å²) in [6.45, 7) is 4.40. The minimum absolute atomic E-state index is 0.0243. The van der Waals surface area contributed by atoms with E-state index in [1.165, 1.54) is 6.42 Å². The topological polar surface area (TPSA) is 26.3 Å². The molecule has 0 aliphatic heterocycles. The van der Waals surface area contributed by atoms with Gasteiger partial charge in [-0.25, -0.2) is 0 Å². The summed E-state index contributed by atoms with van der Waals surface area (Å²) in [4.78, 5) is 11.1. The van der Waals surface area contributed by atoms with Gasteiger partial charge < -0.3 is 4.74 Å². The number of hydrogen-bond acceptors (Lipinski definition) is 2. The van der Waals surface area contributed by atoms with Crippen LogP contribution in [0.2, 0.25) is 0 Å². The first-order valence-electron chi connectivity index (χ1n) is 3.88. The Labute approximate surface area is 60.6 Å². The lowest BCUT2D eigenvalue weighted by Crippen LogP contribution is -2.22. The van der Waals surface area contributed by atoms with Gasteiger partial charge in [-0.3, -0.25) is 4.79 Å². The molecule has 0 saturated heterocycles. The number of carbonyl (C=O) groups is 1. The summed E-state index contributed by atoms with van der Waals surface area (Å²) in [6.07, 6.45) is 1.26. The van der Waals surface area contributed by atoms with Crippen molar-refractivity contribution in [2.24, 2.45) is 17.3 Å². The van der Waals surface area contributed by atoms with E-state index in [4.69, 9.17) is 4.74 Å². The molecule has 2 nitrogen and oxygen atoms in total. The van der Waals surface area contributed by atoms with Gasteiger partial charge in [0, 0.05) is 0 Å². The molecule has 0 aromatic rings. The molecule has 0 aromatic carbocycles. The number of carbonyl (C=O) groups excluding carboxylic acids is 1. The Kier molecular flexibility index (Phi) is 0.960. The van der Waals surface area contributed by atoms with E-state index in [1.807, 2.05) is 13.8 Å². The molecule has 2 heteroatoms. The van der Waals surface area contributed by atoms with Crippen molar-refractivity contribution in [3.8, 4) is 0 Å². The second kappa shape index (κ2) is 1.55. The number of esters is 1. The average Bonchev–Trinajstić information content (AvgIpc) is 2.72. The van der Waals surface area contributed by atoms with Crippen molar-refractivity contribution in [1.82, 2.24) is 0 Å². The summed E-state index contributed by atoms with van der Waals surface area (Å²) < 4.78 is 4.93. The molecule has 0 N–H and O–H groups in total. The lowest BCUT2D eigenvalue weighted by molar-refractivity contribution is -0.151. The second-order valence-corrected chi connectivity index (χ2v) is 3.45. The molecule has 2 aliphatic rings. The van der Waals surface area contributed by atoms with Gasteiger partial charge in [-0.1, -0.05) is 0 Å². The standard InChI is InChI=1S/C8H12O2/c1-3-10-7(9)8(2)5-4-6(5)8/h5-6H,3-4H2,1-2H3. The third kappa shape index (κ3) is 0.522. The zero-order valence-corrected chi connectivity index (χ0v) is 6.39. The van der Waals surface area contributed by atoms with Crippen LogP contribution in [0, 0.1) is 17.3 Å². The van der Waals surface area contributed by atoms with Crippen LogP contribution in [0.3, 0.4) is 0 Å². The van der Waals surface area contributed by atoms with Gasteiger partial charge in [-0.15, -0.1) is 0 Å². The molecular weight excluding hydrogens is 128 g/mol. The Morgan fingerprint density at radius 3 is 2.60 bits per heavy atom. The molecule has 0 heterocycles. The average molecular weight is 140 g/mol. The van der Waals surface area contributed by atoms with Gasteiger partial charge in [0.2, 0.25) is 0 Å². The zero-order chi connectivity index (χ0) is 7.35. The molecule has 0 spiro atoms. The zero-order valence-electron chi connectivity index (χ0n) is 6.39. The Hall–Kier alpha value is -0.530. The number of rotatable bonds is 2. The minimum Gasteiger partial charge on any atom is -0.466 e. The largest absolute Gasteiger partial charge is 0.466 e. The molecule has 0 aromatic heterocycles. The SMILES string of the molecule is CCOC(=O)C1(C)C2CC21. The van der Waals surface area contributed by atoms with Crippen LogP contribution in [0.5, 0.6) is 0 Å². The van der Waals surface area contributed by atoms with Crippen molar-refractivity contribution in [3.63, 3.8) is 0 Å². The smallest absolute Gasteiger partial charge is 0.312 e. The summed E-state index contributed by atoms with van der Waals surface area (Å²) in [7, 11) is 0. The van der Waals surface area contributed by atoms with Gasteiger partial charge in [0.25, 0.3) is 0 Å². The maximum absolute atomic E-state index is 11.1. The third-order valence-electron chi connectivity index (χ3n) is 2.94. The van der Waals surface area contributed by atoms with E-state index >= 15 is 0 Å². The van der Waals surface area contributed by atoms with Gasteiger partial charge in [0.1, 0.15) is 0 Å². The van der Waals surface area contributed by atoms with Crippen LogP contribution < -0.4 is 0 Å². The predicted octanol–water partition coefficient (Wildman–Crippen LogP) is 1.21. The Morgan fingerprint density at radius 2 is 2.30 bits per heavy atom. The van der Waals surface area contributed by atoms with Crippen molar-refractivity contribution >= 4 is 5.97 Å². The second-order valence-electron chi connectivity index (χ2n) is 3.45. The maximum Gasteiger partial charge on any atom is 0.312 e. The highest BCUT2D eigenvalue weighted by Gasteiger charge is 2.78. The first-order valence-corrected chi connectivity index (χ1v) is 3.88. The van der Waals surface area contributed by atoms with Gasteiger partial charge in [-0.2, -0.15) is 0 Å². The van der Waals surface area contributed by atoms with E-state index < -0.39 is 0 Å². The molecule has 0 amide bonds. The van der Waals surface area contributed by atoms with E-state index in [1.54, 1.807) is 0 Å². The molecule has 2 unspecified atom stereocenters. The lowest BCUT2D eigenvalue weighted by Gasteiger charge is -2.13. The first kappa shape index (κ1) is 6.20. The Morgan fingerprint density at radius 1 is 1.70 bits per heavy atom. The molecule has 10 heavy (non-hydrogen) atoms. The molecule has 2 aliphatic carbocycles. The van der Waals surface area contributed by atoms with Gasteiger partial charge >= 0.3 is 5.97 Å². The highest BCUT2D eigenvalue weighted by Crippen LogP contribution is 2.77. The molecular formula is C8H12O2. The normalized spacial score (nSPS) is 47.8. The maximum atomic E-state index is 11.1. The molecule has 56 valence electrons. The van der Waals surface area contributed by atoms with Crippen molar-refractivity contribution < 1.29 is 9.53 Å². The van der Waals surface area contributed by atoms with Gasteiger partial charge in [0.15, 0.2) is 0 Å². The summed E-state index contributed by atoms with van der Waals surface area (Å²) >= 11 is 0. The van der Waals surface area contributed by atoms with E-state index in [0.717, 1.165) is 0 Å². The highest BCUT2D eigenvalue weighted by molar-refractivity contribution is 5.83. The summed E-state index contributed by atoms with van der Waals surface area (Å²) in [6, 6.07) is 0. The number of hydrogen-bond donors (Lipinski definition) is 0. The fraction of sp³-hybridized carbons (Fsp3) is 0.875. The molecule has 2 atom stereocenters. The van der Waals surface area contributed by atoms with Gasteiger partial charge in [-0.05, 0) is 32.1 Å². The van der Waals surface area contributed by atoms with E-state index in [-0.39, 0.29) is 11.4 Å². The van der Waals surface area contributed by atoms with E-state index in [2.05, 4.69) is 0 Å². The van der Waals surface area contributed by atoms with Crippen LogP contribution in [0.1, 0.15) is 20.3 Å². The van der Waals surface area contributed by atoms with Crippen LogP contribution in [0.15, 0.2) is 0 Å². The Balaban J connectivity index is 1.94. The molecule has 2 rings (SSSR count). The van der Waals surface area contributed by atoms with Crippen molar-refractivity contribution in [2.75, 3.05) is 6.61 Å². The monoisotopic (exact) mass is 140 g/mol. The fourth-order valence-electron chi connectivity index (χ4n) is 1.81. The van der Waals surface area contributed by atoms with Crippen molar-refractivity contribution in [3.05, 3.63) is 0 Å². The van der Waals surface area contributed by atoms with Crippen molar-refractivity contribution in [1.29, 1.82) is 0 Å². The minimum atomic E-state index is -0.0456. The third-order valence-corrected chi connectivity index (χ3v) is 2.94. The lowest BCUT2D eigenvalue weighted by atomic mass is 9.98. The summed E-state index contributed by atoms with van der Waals surface area (Å²) in [5, 5.41) is 0. The van der Waals surface area contributed by atoms with Crippen molar-refractivity contribution in [2.45, 2.75) is 20.3 Å². The molecule has 2 fully saturated rings. The first-order chi connectivity index (χ1) is 4.71. The fourth-order valence-corrected chi connectivity index (χ4v) is 1.81. The summed E-state index contributed by atoms with van der Waals surface area (Å²) in [5.41, 5.74) is -0.0456. The van der Waals surface area contributed by atoms with Crippen LogP contribution in [0.25, 0.3) is 0 Å². The molecule has 0 radical (unpaired) electrons. The Bertz CT molecular complexity index is 178. The van der Waals surface area contributed by atoms with E-state index in [0.29, 0.717) is 18.4 Å². The van der Waals surface area contributed by atoms with Gasteiger partial charge in [0.05, 0.1) is 12.0 Å². The van der Waals surface area contributed by atoms with Crippen LogP contribution in [0.4, 0.5) is 0 Å². The van der Waals surface area contributed by atoms with E-state index in [9.17, 15) is 4.79 Å². The number of ether oxygens (including phenoxy) is 1.